The smallest absolute Gasteiger partial charge is 0.127 e. The van der Waals surface area contributed by atoms with Crippen molar-refractivity contribution in [2.75, 3.05) is 13.2 Å². The van der Waals surface area contributed by atoms with Gasteiger partial charge in [0, 0.05) is 30.6 Å². The van der Waals surface area contributed by atoms with E-state index >= 15 is 0 Å². The lowest BCUT2D eigenvalue weighted by Gasteiger charge is -2.34. The van der Waals surface area contributed by atoms with E-state index in [1.807, 2.05) is 0 Å². The molecular weight excluding hydrogens is 284 g/mol. The second-order valence-electron chi connectivity index (χ2n) is 6.48. The Labute approximate surface area is 138 Å². The van der Waals surface area contributed by atoms with Crippen molar-refractivity contribution in [1.29, 1.82) is 0 Å². The second-order valence-corrected chi connectivity index (χ2v) is 6.48. The van der Waals surface area contributed by atoms with Crippen LogP contribution in [-0.4, -0.2) is 19.2 Å². The van der Waals surface area contributed by atoms with E-state index in [4.69, 9.17) is 4.74 Å². The molecule has 0 bridgehead atoms. The highest BCUT2D eigenvalue weighted by Gasteiger charge is 2.26. The molecule has 23 heavy (non-hydrogen) atoms. The fourth-order valence-corrected chi connectivity index (χ4v) is 3.78. The van der Waals surface area contributed by atoms with Gasteiger partial charge >= 0.3 is 0 Å². The molecule has 0 spiro atoms. The number of ether oxygens (including phenoxy) is 1. The van der Waals surface area contributed by atoms with E-state index in [-0.39, 0.29) is 0 Å². The minimum atomic E-state index is 0.391. The third-order valence-corrected chi connectivity index (χ3v) is 4.97. The monoisotopic (exact) mass is 308 g/mol. The summed E-state index contributed by atoms with van der Waals surface area (Å²) in [5, 5.41) is 7.45. The highest BCUT2D eigenvalue weighted by Crippen LogP contribution is 2.30. The molecule has 2 N–H and O–H groups in total. The summed E-state index contributed by atoms with van der Waals surface area (Å²) in [6, 6.07) is 18.2. The first-order valence-electron chi connectivity index (χ1n) is 8.67. The molecule has 4 rings (SSSR count). The fourth-order valence-electron chi connectivity index (χ4n) is 3.78. The third-order valence-electron chi connectivity index (χ3n) is 4.97. The Kier molecular flexibility index (Phi) is 4.31. The number of hydrogen-bond acceptors (Lipinski definition) is 3. The summed E-state index contributed by atoms with van der Waals surface area (Å²) in [6.45, 7) is 2.80. The number of hydrogen-bond donors (Lipinski definition) is 2. The summed E-state index contributed by atoms with van der Waals surface area (Å²) in [6.07, 6.45) is 3.48. The van der Waals surface area contributed by atoms with Crippen LogP contribution in [0.2, 0.25) is 0 Å². The highest BCUT2D eigenvalue weighted by molar-refractivity contribution is 5.44. The molecule has 0 saturated carbocycles. The van der Waals surface area contributed by atoms with Gasteiger partial charge in [-0.1, -0.05) is 48.5 Å². The van der Waals surface area contributed by atoms with Crippen molar-refractivity contribution >= 4 is 0 Å². The van der Waals surface area contributed by atoms with Crippen molar-refractivity contribution in [3.05, 3.63) is 65.2 Å². The quantitative estimate of drug-likeness (QED) is 0.910. The molecule has 2 atom stereocenters. The van der Waals surface area contributed by atoms with Crippen molar-refractivity contribution in [3.8, 4) is 5.75 Å². The molecule has 1 saturated heterocycles. The number of fused-ring (bicyclic) bond motifs is 1. The zero-order valence-electron chi connectivity index (χ0n) is 13.4. The molecule has 3 heteroatoms. The maximum atomic E-state index is 5.83. The zero-order chi connectivity index (χ0) is 15.5. The van der Waals surface area contributed by atoms with Gasteiger partial charge in [-0.2, -0.15) is 0 Å². The molecule has 1 fully saturated rings. The predicted octanol–water partition coefficient (Wildman–Crippen LogP) is 3.20. The van der Waals surface area contributed by atoms with Gasteiger partial charge in [0.25, 0.3) is 0 Å². The second kappa shape index (κ2) is 6.73. The van der Waals surface area contributed by atoms with Crippen LogP contribution in [0.25, 0.3) is 0 Å². The van der Waals surface area contributed by atoms with Gasteiger partial charge in [-0.15, -0.1) is 0 Å². The van der Waals surface area contributed by atoms with Gasteiger partial charge in [-0.25, -0.2) is 0 Å². The molecule has 0 unspecified atom stereocenters. The lowest BCUT2D eigenvalue weighted by Crippen LogP contribution is -2.45. The number of piperidine rings is 1. The molecule has 0 amide bonds. The van der Waals surface area contributed by atoms with E-state index < -0.39 is 0 Å². The Morgan fingerprint density at radius 2 is 2.00 bits per heavy atom. The van der Waals surface area contributed by atoms with Gasteiger partial charge < -0.3 is 15.4 Å². The van der Waals surface area contributed by atoms with E-state index in [0.29, 0.717) is 12.1 Å². The van der Waals surface area contributed by atoms with Crippen molar-refractivity contribution < 1.29 is 4.74 Å². The summed E-state index contributed by atoms with van der Waals surface area (Å²) < 4.78 is 5.83. The third kappa shape index (κ3) is 3.12. The summed E-state index contributed by atoms with van der Waals surface area (Å²) in [5.41, 5.74) is 4.02. The number of benzene rings is 2. The molecule has 2 aliphatic heterocycles. The molecule has 2 aliphatic rings. The van der Waals surface area contributed by atoms with Gasteiger partial charge in [0.1, 0.15) is 5.75 Å². The molecule has 0 aliphatic carbocycles. The SMILES string of the molecule is c1ccc([C@@H]2NCCC[C@@H]2NCc2cccc3c2OCC3)cc1. The first kappa shape index (κ1) is 14.7. The van der Waals surface area contributed by atoms with E-state index in [0.717, 1.165) is 31.9 Å². The van der Waals surface area contributed by atoms with E-state index in [1.165, 1.54) is 29.5 Å². The lowest BCUT2D eigenvalue weighted by atomic mass is 9.92. The summed E-state index contributed by atoms with van der Waals surface area (Å²) >= 11 is 0. The average molecular weight is 308 g/mol. The molecule has 2 aromatic carbocycles. The molecule has 0 radical (unpaired) electrons. The highest BCUT2D eigenvalue weighted by atomic mass is 16.5. The van der Waals surface area contributed by atoms with E-state index in [9.17, 15) is 0 Å². The topological polar surface area (TPSA) is 33.3 Å². The van der Waals surface area contributed by atoms with Crippen molar-refractivity contribution in [2.45, 2.75) is 37.9 Å². The zero-order valence-corrected chi connectivity index (χ0v) is 13.4. The molecule has 0 aromatic heterocycles. The minimum Gasteiger partial charge on any atom is -0.493 e. The van der Waals surface area contributed by atoms with Crippen LogP contribution in [0.3, 0.4) is 0 Å². The van der Waals surface area contributed by atoms with Crippen molar-refractivity contribution in [1.82, 2.24) is 10.6 Å². The van der Waals surface area contributed by atoms with Crippen LogP contribution in [0.5, 0.6) is 5.75 Å². The first-order chi connectivity index (χ1) is 11.4. The normalized spacial score (nSPS) is 23.3. The van der Waals surface area contributed by atoms with Gasteiger partial charge in [0.2, 0.25) is 0 Å². The van der Waals surface area contributed by atoms with Crippen LogP contribution >= 0.6 is 0 Å². The fraction of sp³-hybridized carbons (Fsp3) is 0.400. The van der Waals surface area contributed by atoms with Crippen molar-refractivity contribution in [3.63, 3.8) is 0 Å². The van der Waals surface area contributed by atoms with E-state index in [2.05, 4.69) is 59.2 Å². The van der Waals surface area contributed by atoms with Crippen LogP contribution < -0.4 is 15.4 Å². The molecule has 2 heterocycles. The van der Waals surface area contributed by atoms with Gasteiger partial charge in [0.15, 0.2) is 0 Å². The van der Waals surface area contributed by atoms with E-state index in [1.54, 1.807) is 0 Å². The van der Waals surface area contributed by atoms with Gasteiger partial charge in [0.05, 0.1) is 6.61 Å². The number of nitrogens with one attached hydrogen (secondary N) is 2. The number of rotatable bonds is 4. The lowest BCUT2D eigenvalue weighted by molar-refractivity contribution is 0.301. The van der Waals surface area contributed by atoms with Crippen LogP contribution in [0.4, 0.5) is 0 Å². The largest absolute Gasteiger partial charge is 0.493 e. The maximum absolute atomic E-state index is 5.83. The molecule has 3 nitrogen and oxygen atoms in total. The first-order valence-corrected chi connectivity index (χ1v) is 8.67. The van der Waals surface area contributed by atoms with Gasteiger partial charge in [-0.05, 0) is 30.5 Å². The van der Waals surface area contributed by atoms with Gasteiger partial charge in [-0.3, -0.25) is 0 Å². The Morgan fingerprint density at radius 3 is 2.91 bits per heavy atom. The summed E-state index contributed by atoms with van der Waals surface area (Å²) in [5.74, 6) is 1.11. The molecule has 120 valence electrons. The van der Waals surface area contributed by atoms with Crippen LogP contribution in [0.1, 0.15) is 35.6 Å². The molecule has 2 aromatic rings. The maximum Gasteiger partial charge on any atom is 0.127 e. The number of para-hydroxylation sites is 1. The van der Waals surface area contributed by atoms with Crippen molar-refractivity contribution in [2.24, 2.45) is 0 Å². The Hall–Kier alpha value is -1.84. The minimum absolute atomic E-state index is 0.391. The Balaban J connectivity index is 1.48. The average Bonchev–Trinajstić information content (AvgIpc) is 3.10. The van der Waals surface area contributed by atoms with Crippen LogP contribution in [0.15, 0.2) is 48.5 Å². The standard InChI is InChI=1S/C20H24N2O/c1-2-6-15(7-3-1)19-18(10-5-12-21-19)22-14-17-9-4-8-16-11-13-23-20(16)17/h1-4,6-9,18-19,21-22H,5,10-14H2/t18-,19-/m0/s1. The Morgan fingerprint density at radius 1 is 1.09 bits per heavy atom. The van der Waals surface area contributed by atoms with Crippen LogP contribution in [-0.2, 0) is 13.0 Å². The molecular formula is C20H24N2O. The summed E-state index contributed by atoms with van der Waals surface area (Å²) in [7, 11) is 0. The predicted molar refractivity (Wildman–Crippen MR) is 92.7 cm³/mol. The summed E-state index contributed by atoms with van der Waals surface area (Å²) in [4.78, 5) is 0. The van der Waals surface area contributed by atoms with Crippen LogP contribution in [0, 0.1) is 0 Å². The Bertz CT molecular complexity index is 656.